The van der Waals surface area contributed by atoms with E-state index in [0.717, 1.165) is 16.5 Å². The highest BCUT2D eigenvalue weighted by Crippen LogP contribution is 2.38. The summed E-state index contributed by atoms with van der Waals surface area (Å²) in [6.07, 6.45) is 1.62. The molecule has 0 fully saturated rings. The van der Waals surface area contributed by atoms with E-state index in [2.05, 4.69) is 15.9 Å². The highest BCUT2D eigenvalue weighted by Gasteiger charge is 2.22. The van der Waals surface area contributed by atoms with Crippen molar-refractivity contribution < 1.29 is 14.3 Å². The van der Waals surface area contributed by atoms with Gasteiger partial charge in [-0.1, -0.05) is 29.3 Å². The van der Waals surface area contributed by atoms with Crippen LogP contribution in [-0.2, 0) is 4.79 Å². The molecule has 0 saturated heterocycles. The number of hydrogen-bond donors (Lipinski definition) is 1. The molecule has 20 heavy (non-hydrogen) atoms. The Morgan fingerprint density at radius 1 is 1.35 bits per heavy atom. The molecule has 2 N–H and O–H groups in total. The average Bonchev–Trinajstić information content (AvgIpc) is 2.37. The van der Waals surface area contributed by atoms with Gasteiger partial charge in [-0.25, -0.2) is 0 Å². The van der Waals surface area contributed by atoms with E-state index < -0.39 is 0 Å². The van der Waals surface area contributed by atoms with Gasteiger partial charge in [-0.2, -0.15) is 0 Å². The number of carbonyl (C=O) groups is 1. The van der Waals surface area contributed by atoms with Crippen LogP contribution in [0.15, 0.2) is 16.6 Å². The number of carbonyl (C=O) groups excluding carboxylic acids is 1. The second-order valence-electron chi connectivity index (χ2n) is 4.93. The zero-order valence-electron chi connectivity index (χ0n) is 12.4. The zero-order chi connectivity index (χ0) is 15.3. The minimum atomic E-state index is -0.326. The van der Waals surface area contributed by atoms with E-state index in [0.29, 0.717) is 17.9 Å². The van der Waals surface area contributed by atoms with E-state index in [1.165, 1.54) is 0 Å². The van der Waals surface area contributed by atoms with Crippen LogP contribution in [-0.4, -0.2) is 19.1 Å². The summed E-state index contributed by atoms with van der Waals surface area (Å²) in [6, 6.07) is 3.66. The van der Waals surface area contributed by atoms with Crippen molar-refractivity contribution >= 4 is 21.8 Å². The lowest BCUT2D eigenvalue weighted by Gasteiger charge is -2.19. The van der Waals surface area contributed by atoms with Crippen molar-refractivity contribution in [3.8, 4) is 11.5 Å². The first kappa shape index (κ1) is 16.8. The average molecular weight is 344 g/mol. The molecule has 0 heterocycles. The van der Waals surface area contributed by atoms with Crippen molar-refractivity contribution in [3.63, 3.8) is 0 Å². The van der Waals surface area contributed by atoms with E-state index in [4.69, 9.17) is 15.2 Å². The SMILES string of the molecule is CCCC(C(N)=O)c1cc(OC(C)C)c(OC)cc1Br. The number of nitrogens with two attached hydrogens (primary N) is 1. The number of amides is 1. The Morgan fingerprint density at radius 2 is 2.00 bits per heavy atom. The molecule has 1 aromatic carbocycles. The number of primary amides is 1. The van der Waals surface area contributed by atoms with Gasteiger partial charge in [0.2, 0.25) is 5.91 Å². The molecule has 4 nitrogen and oxygen atoms in total. The molecule has 1 atom stereocenters. The molecular weight excluding hydrogens is 322 g/mol. The summed E-state index contributed by atoms with van der Waals surface area (Å²) in [5, 5.41) is 0. The van der Waals surface area contributed by atoms with Gasteiger partial charge in [-0.15, -0.1) is 0 Å². The number of benzene rings is 1. The van der Waals surface area contributed by atoms with Gasteiger partial charge in [0, 0.05) is 4.47 Å². The highest BCUT2D eigenvalue weighted by molar-refractivity contribution is 9.10. The Kier molecular flexibility index (Phi) is 6.33. The summed E-state index contributed by atoms with van der Waals surface area (Å²) in [5.41, 5.74) is 6.36. The van der Waals surface area contributed by atoms with E-state index in [1.807, 2.05) is 32.9 Å². The van der Waals surface area contributed by atoms with Crippen LogP contribution in [0, 0.1) is 0 Å². The fraction of sp³-hybridized carbons (Fsp3) is 0.533. The monoisotopic (exact) mass is 343 g/mol. The van der Waals surface area contributed by atoms with Gasteiger partial charge < -0.3 is 15.2 Å². The molecule has 0 bridgehead atoms. The first-order valence-electron chi connectivity index (χ1n) is 6.74. The Bertz CT molecular complexity index is 474. The van der Waals surface area contributed by atoms with E-state index >= 15 is 0 Å². The third-order valence-electron chi connectivity index (χ3n) is 2.94. The largest absolute Gasteiger partial charge is 0.493 e. The second-order valence-corrected chi connectivity index (χ2v) is 5.79. The molecule has 1 unspecified atom stereocenters. The van der Waals surface area contributed by atoms with E-state index in [1.54, 1.807) is 7.11 Å². The zero-order valence-corrected chi connectivity index (χ0v) is 14.0. The van der Waals surface area contributed by atoms with Gasteiger partial charge in [0.15, 0.2) is 11.5 Å². The Morgan fingerprint density at radius 3 is 2.45 bits per heavy atom. The molecule has 1 amide bonds. The summed E-state index contributed by atoms with van der Waals surface area (Å²) < 4.78 is 11.9. The Hall–Kier alpha value is -1.23. The molecule has 0 spiro atoms. The molecule has 0 aliphatic carbocycles. The van der Waals surface area contributed by atoms with Crippen molar-refractivity contribution in [2.45, 2.75) is 45.6 Å². The number of hydrogen-bond acceptors (Lipinski definition) is 3. The topological polar surface area (TPSA) is 61.6 Å². The smallest absolute Gasteiger partial charge is 0.225 e. The van der Waals surface area contributed by atoms with Crippen LogP contribution in [0.4, 0.5) is 0 Å². The van der Waals surface area contributed by atoms with Crippen molar-refractivity contribution in [1.82, 2.24) is 0 Å². The standard InChI is InChI=1S/C15H22BrNO3/c1-5-6-10(15(17)18)11-7-14(20-9(2)3)13(19-4)8-12(11)16/h7-10H,5-6H2,1-4H3,(H2,17,18). The lowest BCUT2D eigenvalue weighted by atomic mass is 9.93. The fourth-order valence-electron chi connectivity index (χ4n) is 2.06. The fourth-order valence-corrected chi connectivity index (χ4v) is 2.66. The number of ether oxygens (including phenoxy) is 2. The Labute approximate surface area is 128 Å². The maximum absolute atomic E-state index is 11.7. The van der Waals surface area contributed by atoms with Crippen LogP contribution in [0.1, 0.15) is 45.1 Å². The summed E-state index contributed by atoms with van der Waals surface area (Å²) in [5.74, 6) is 0.611. The van der Waals surface area contributed by atoms with Gasteiger partial charge in [0.25, 0.3) is 0 Å². The number of rotatable bonds is 7. The molecule has 0 aliphatic rings. The summed E-state index contributed by atoms with van der Waals surface area (Å²) in [7, 11) is 1.59. The molecular formula is C15H22BrNO3. The number of halogens is 1. The summed E-state index contributed by atoms with van der Waals surface area (Å²) >= 11 is 3.48. The van der Waals surface area contributed by atoms with Crippen LogP contribution in [0.5, 0.6) is 11.5 Å². The van der Waals surface area contributed by atoms with Crippen molar-refractivity contribution in [3.05, 3.63) is 22.2 Å². The maximum Gasteiger partial charge on any atom is 0.225 e. The van der Waals surface area contributed by atoms with Crippen molar-refractivity contribution in [2.24, 2.45) is 5.73 Å². The lowest BCUT2D eigenvalue weighted by molar-refractivity contribution is -0.119. The molecule has 1 aromatic rings. The van der Waals surface area contributed by atoms with Gasteiger partial charge in [0.05, 0.1) is 19.1 Å². The minimum Gasteiger partial charge on any atom is -0.493 e. The third kappa shape index (κ3) is 4.13. The predicted octanol–water partition coefficient (Wildman–Crippen LogP) is 3.61. The van der Waals surface area contributed by atoms with E-state index in [-0.39, 0.29) is 17.9 Å². The van der Waals surface area contributed by atoms with Gasteiger partial charge in [-0.05, 0) is 38.0 Å². The Balaban J connectivity index is 3.27. The van der Waals surface area contributed by atoms with Crippen LogP contribution in [0.3, 0.4) is 0 Å². The highest BCUT2D eigenvalue weighted by atomic mass is 79.9. The van der Waals surface area contributed by atoms with Crippen LogP contribution in [0.2, 0.25) is 0 Å². The second kappa shape index (κ2) is 7.53. The quantitative estimate of drug-likeness (QED) is 0.822. The van der Waals surface area contributed by atoms with Gasteiger partial charge in [-0.3, -0.25) is 4.79 Å². The molecule has 0 radical (unpaired) electrons. The van der Waals surface area contributed by atoms with Crippen molar-refractivity contribution in [2.75, 3.05) is 7.11 Å². The molecule has 112 valence electrons. The molecule has 5 heteroatoms. The number of methoxy groups -OCH3 is 1. The van der Waals surface area contributed by atoms with E-state index in [9.17, 15) is 4.79 Å². The maximum atomic E-state index is 11.7. The molecule has 0 aliphatic heterocycles. The van der Waals surface area contributed by atoms with Crippen LogP contribution in [0.25, 0.3) is 0 Å². The lowest BCUT2D eigenvalue weighted by Crippen LogP contribution is -2.22. The predicted molar refractivity (Wildman–Crippen MR) is 83.3 cm³/mol. The first-order chi connectivity index (χ1) is 9.40. The third-order valence-corrected chi connectivity index (χ3v) is 3.63. The van der Waals surface area contributed by atoms with Gasteiger partial charge >= 0.3 is 0 Å². The molecule has 0 saturated carbocycles. The van der Waals surface area contributed by atoms with Crippen LogP contribution < -0.4 is 15.2 Å². The minimum absolute atomic E-state index is 0.0242. The molecule has 0 aromatic heterocycles. The van der Waals surface area contributed by atoms with Gasteiger partial charge in [0.1, 0.15) is 0 Å². The first-order valence-corrected chi connectivity index (χ1v) is 7.53. The van der Waals surface area contributed by atoms with Crippen molar-refractivity contribution in [1.29, 1.82) is 0 Å². The summed E-state index contributed by atoms with van der Waals surface area (Å²) in [4.78, 5) is 11.7. The summed E-state index contributed by atoms with van der Waals surface area (Å²) in [6.45, 7) is 5.91. The molecule has 1 rings (SSSR count). The normalized spacial score (nSPS) is 12.3. The van der Waals surface area contributed by atoms with Crippen LogP contribution >= 0.6 is 15.9 Å².